The number of hydrogen-bond acceptors (Lipinski definition) is 3. The van der Waals surface area contributed by atoms with Crippen LogP contribution >= 0.6 is 0 Å². The Bertz CT molecular complexity index is 492. The van der Waals surface area contributed by atoms with Crippen LogP contribution in [-0.4, -0.2) is 47.8 Å². The maximum absolute atomic E-state index is 12.8. The van der Waals surface area contributed by atoms with Crippen LogP contribution in [0.1, 0.15) is 58.3 Å². The minimum Gasteiger partial charge on any atom is -0.353 e. The second-order valence-electron chi connectivity index (χ2n) is 7.64. The molecule has 134 valence electrons. The molecule has 1 saturated heterocycles. The van der Waals surface area contributed by atoms with Crippen molar-refractivity contribution in [1.29, 1.82) is 0 Å². The fourth-order valence-corrected chi connectivity index (χ4v) is 4.39. The highest BCUT2D eigenvalue weighted by Gasteiger charge is 2.47. The molecule has 6 heteroatoms. The van der Waals surface area contributed by atoms with Crippen molar-refractivity contribution >= 4 is 18.2 Å². The van der Waals surface area contributed by atoms with E-state index < -0.39 is 0 Å². The molecule has 2 saturated carbocycles. The summed E-state index contributed by atoms with van der Waals surface area (Å²) in [4.78, 5) is 37.9. The van der Waals surface area contributed by atoms with Gasteiger partial charge >= 0.3 is 0 Å². The second-order valence-corrected chi connectivity index (χ2v) is 7.64. The molecule has 0 bridgehead atoms. The number of nitrogens with zero attached hydrogens (tertiary/aromatic N) is 1. The molecule has 3 amide bonds. The Morgan fingerprint density at radius 1 is 1.25 bits per heavy atom. The van der Waals surface area contributed by atoms with E-state index in [4.69, 9.17) is 0 Å². The third kappa shape index (κ3) is 3.90. The molecule has 1 heterocycles. The van der Waals surface area contributed by atoms with E-state index in [9.17, 15) is 14.4 Å². The van der Waals surface area contributed by atoms with Gasteiger partial charge in [-0.15, -0.1) is 0 Å². The first-order valence-corrected chi connectivity index (χ1v) is 9.43. The molecule has 4 atom stereocenters. The number of fused-ring (bicyclic) bond motifs is 1. The molecule has 0 aromatic carbocycles. The maximum Gasteiger partial charge on any atom is 0.243 e. The second kappa shape index (κ2) is 7.53. The van der Waals surface area contributed by atoms with Crippen molar-refractivity contribution in [1.82, 2.24) is 15.5 Å². The zero-order chi connectivity index (χ0) is 17.1. The third-order valence-electron chi connectivity index (χ3n) is 5.69. The Labute approximate surface area is 143 Å². The third-order valence-corrected chi connectivity index (χ3v) is 5.69. The molecule has 0 spiro atoms. The Balaban J connectivity index is 1.58. The quantitative estimate of drug-likeness (QED) is 0.654. The van der Waals surface area contributed by atoms with Crippen molar-refractivity contribution in [3.05, 3.63) is 0 Å². The lowest BCUT2D eigenvalue weighted by Gasteiger charge is -2.26. The number of hydrogen-bond donors (Lipinski definition) is 2. The lowest BCUT2D eigenvalue weighted by molar-refractivity contribution is -0.133. The molecule has 0 radical (unpaired) electrons. The monoisotopic (exact) mass is 335 g/mol. The predicted octanol–water partition coefficient (Wildman–Crippen LogP) is 1.20. The largest absolute Gasteiger partial charge is 0.353 e. The summed E-state index contributed by atoms with van der Waals surface area (Å²) in [6, 6.07) is -0.147. The van der Waals surface area contributed by atoms with Gasteiger partial charge in [-0.2, -0.15) is 0 Å². The molecule has 24 heavy (non-hydrogen) atoms. The fraction of sp³-hybridized carbons (Fsp3) is 0.833. The van der Waals surface area contributed by atoms with Gasteiger partial charge in [0.25, 0.3) is 0 Å². The van der Waals surface area contributed by atoms with Crippen molar-refractivity contribution in [3.63, 3.8) is 0 Å². The Hall–Kier alpha value is -1.59. The minimum atomic E-state index is -0.346. The van der Waals surface area contributed by atoms with E-state index in [1.807, 2.05) is 0 Å². The summed E-state index contributed by atoms with van der Waals surface area (Å²) >= 11 is 0. The molecule has 6 nitrogen and oxygen atoms in total. The van der Waals surface area contributed by atoms with E-state index in [0.717, 1.165) is 51.4 Å². The van der Waals surface area contributed by atoms with Gasteiger partial charge in [0.15, 0.2) is 0 Å². The average Bonchev–Trinajstić information content (AvgIpc) is 3.10. The van der Waals surface area contributed by atoms with E-state index in [1.54, 1.807) is 4.90 Å². The van der Waals surface area contributed by atoms with Crippen molar-refractivity contribution in [2.75, 3.05) is 6.54 Å². The van der Waals surface area contributed by atoms with Crippen molar-refractivity contribution in [2.45, 2.75) is 76.4 Å². The SMILES string of the molecule is CCCC(CC(=O)NC1CC1)NC(=O)C1C2CCCC2CN1C=O. The summed E-state index contributed by atoms with van der Waals surface area (Å²) in [5.41, 5.74) is 0. The zero-order valence-corrected chi connectivity index (χ0v) is 14.5. The molecule has 3 rings (SSSR count). The predicted molar refractivity (Wildman–Crippen MR) is 90.0 cm³/mol. The van der Waals surface area contributed by atoms with Crippen LogP contribution in [0.4, 0.5) is 0 Å². The van der Waals surface area contributed by atoms with E-state index >= 15 is 0 Å². The molecule has 3 fully saturated rings. The first-order valence-electron chi connectivity index (χ1n) is 9.43. The topological polar surface area (TPSA) is 78.5 Å². The van der Waals surface area contributed by atoms with Gasteiger partial charge in [0.2, 0.25) is 18.2 Å². The maximum atomic E-state index is 12.8. The number of carbonyl (C=O) groups is 3. The van der Waals surface area contributed by atoms with Crippen molar-refractivity contribution in [2.24, 2.45) is 11.8 Å². The summed E-state index contributed by atoms with van der Waals surface area (Å²) in [6.45, 7) is 2.76. The highest BCUT2D eigenvalue weighted by atomic mass is 16.2. The van der Waals surface area contributed by atoms with Gasteiger partial charge < -0.3 is 15.5 Å². The van der Waals surface area contributed by atoms with E-state index in [1.165, 1.54) is 0 Å². The Kier molecular flexibility index (Phi) is 5.41. The molecule has 2 aliphatic carbocycles. The van der Waals surface area contributed by atoms with Gasteiger partial charge in [0.1, 0.15) is 6.04 Å². The number of nitrogens with one attached hydrogen (secondary N) is 2. The summed E-state index contributed by atoms with van der Waals surface area (Å²) in [7, 11) is 0. The molecular formula is C18H29N3O3. The molecule has 3 aliphatic rings. The lowest BCUT2D eigenvalue weighted by Crippen LogP contribution is -2.50. The smallest absolute Gasteiger partial charge is 0.243 e. The average molecular weight is 335 g/mol. The number of amides is 3. The van der Waals surface area contributed by atoms with Gasteiger partial charge in [-0.25, -0.2) is 0 Å². The van der Waals surface area contributed by atoms with E-state index in [2.05, 4.69) is 17.6 Å². The number of carbonyl (C=O) groups excluding carboxylic acids is 3. The zero-order valence-electron chi connectivity index (χ0n) is 14.5. The Morgan fingerprint density at radius 2 is 2.04 bits per heavy atom. The van der Waals surface area contributed by atoms with Crippen LogP contribution in [0.25, 0.3) is 0 Å². The minimum absolute atomic E-state index is 0.0219. The number of likely N-dealkylation sites (tertiary alicyclic amines) is 1. The normalized spacial score (nSPS) is 29.9. The molecule has 0 aromatic rings. The fourth-order valence-electron chi connectivity index (χ4n) is 4.39. The lowest BCUT2D eigenvalue weighted by atomic mass is 9.93. The highest BCUT2D eigenvalue weighted by molar-refractivity contribution is 5.86. The van der Waals surface area contributed by atoms with Gasteiger partial charge in [-0.3, -0.25) is 14.4 Å². The summed E-state index contributed by atoms with van der Waals surface area (Å²) in [6.07, 6.45) is 8.26. The van der Waals surface area contributed by atoms with Crippen molar-refractivity contribution < 1.29 is 14.4 Å². The molecule has 2 N–H and O–H groups in total. The van der Waals surface area contributed by atoms with Crippen molar-refractivity contribution in [3.8, 4) is 0 Å². The van der Waals surface area contributed by atoms with Crippen LogP contribution < -0.4 is 10.6 Å². The van der Waals surface area contributed by atoms with Crippen LogP contribution in [0.15, 0.2) is 0 Å². The highest BCUT2D eigenvalue weighted by Crippen LogP contribution is 2.41. The van der Waals surface area contributed by atoms with Gasteiger partial charge in [-0.1, -0.05) is 19.8 Å². The number of rotatable bonds is 8. The first kappa shape index (κ1) is 17.2. The van der Waals surface area contributed by atoms with Crippen LogP contribution in [0, 0.1) is 11.8 Å². The first-order chi connectivity index (χ1) is 11.6. The molecule has 0 aromatic heterocycles. The van der Waals surface area contributed by atoms with Gasteiger partial charge in [0, 0.05) is 25.0 Å². The van der Waals surface area contributed by atoms with Crippen LogP contribution in [-0.2, 0) is 14.4 Å². The standard InChI is InChI=1S/C18H29N3O3/c1-2-4-14(9-16(23)19-13-7-8-13)20-18(24)17-15-6-3-5-12(15)10-21(17)11-22/h11-15,17H,2-10H2,1H3,(H,19,23)(H,20,24). The van der Waals surface area contributed by atoms with Gasteiger partial charge in [-0.05, 0) is 43.9 Å². The molecule has 1 aliphatic heterocycles. The Morgan fingerprint density at radius 3 is 2.71 bits per heavy atom. The van der Waals surface area contributed by atoms with Crippen LogP contribution in [0.3, 0.4) is 0 Å². The van der Waals surface area contributed by atoms with Gasteiger partial charge in [0.05, 0.1) is 0 Å². The van der Waals surface area contributed by atoms with Crippen LogP contribution in [0.2, 0.25) is 0 Å². The summed E-state index contributed by atoms with van der Waals surface area (Å²) in [5.74, 6) is 0.703. The molecular weight excluding hydrogens is 306 g/mol. The van der Waals surface area contributed by atoms with E-state index in [-0.39, 0.29) is 29.8 Å². The summed E-state index contributed by atoms with van der Waals surface area (Å²) < 4.78 is 0. The summed E-state index contributed by atoms with van der Waals surface area (Å²) in [5, 5.41) is 6.05. The van der Waals surface area contributed by atoms with E-state index in [0.29, 0.717) is 24.9 Å². The molecule has 4 unspecified atom stereocenters. The van der Waals surface area contributed by atoms with Crippen LogP contribution in [0.5, 0.6) is 0 Å².